The highest BCUT2D eigenvalue weighted by Crippen LogP contribution is 2.45. The second-order valence-corrected chi connectivity index (χ2v) is 8.55. The maximum absolute atomic E-state index is 16.3. The molecule has 0 aliphatic carbocycles. The molecule has 1 aromatic heterocycles. The Labute approximate surface area is 200 Å². The van der Waals surface area contributed by atoms with Crippen LogP contribution in [0.4, 0.5) is 29.5 Å². The van der Waals surface area contributed by atoms with Crippen LogP contribution < -0.4 is 15.1 Å². The van der Waals surface area contributed by atoms with Crippen LogP contribution in [0.3, 0.4) is 0 Å². The molecule has 5 rings (SSSR count). The number of halogens is 3. The molecule has 0 bridgehead atoms. The normalized spacial score (nSPS) is 16.3. The van der Waals surface area contributed by atoms with Crippen molar-refractivity contribution in [3.05, 3.63) is 60.0 Å². The van der Waals surface area contributed by atoms with E-state index in [9.17, 15) is 9.90 Å². The van der Waals surface area contributed by atoms with E-state index < -0.39 is 40.5 Å². The lowest BCUT2D eigenvalue weighted by Gasteiger charge is -2.29. The Balaban J connectivity index is 1.77. The first-order chi connectivity index (χ1) is 16.9. The molecular formula is C25H24F3N5O2. The maximum Gasteiger partial charge on any atom is 0.324 e. The number of phenols is 1. The summed E-state index contributed by atoms with van der Waals surface area (Å²) in [5.41, 5.74) is -1.36. The van der Waals surface area contributed by atoms with Crippen LogP contribution in [-0.4, -0.2) is 67.3 Å². The fourth-order valence-corrected chi connectivity index (χ4v) is 4.58. The van der Waals surface area contributed by atoms with E-state index >= 15 is 13.2 Å². The number of hydrogen-bond donors (Lipinski definition) is 2. The summed E-state index contributed by atoms with van der Waals surface area (Å²) in [4.78, 5) is 21.6. The van der Waals surface area contributed by atoms with Gasteiger partial charge in [-0.15, -0.1) is 0 Å². The number of likely N-dealkylation sites (N-methyl/N-ethyl adjacent to an activating group) is 1. The first-order valence-corrected chi connectivity index (χ1v) is 11.3. The highest BCUT2D eigenvalue weighted by Gasteiger charge is 2.36. The van der Waals surface area contributed by atoms with Gasteiger partial charge in [0.15, 0.2) is 11.6 Å². The van der Waals surface area contributed by atoms with Crippen LogP contribution in [0.2, 0.25) is 0 Å². The van der Waals surface area contributed by atoms with Crippen molar-refractivity contribution in [2.75, 3.05) is 56.1 Å². The van der Waals surface area contributed by atoms with Gasteiger partial charge in [0.25, 0.3) is 0 Å². The number of urea groups is 1. The minimum Gasteiger partial charge on any atom is -0.507 e. The zero-order valence-electron chi connectivity index (χ0n) is 19.1. The first-order valence-electron chi connectivity index (χ1n) is 11.3. The third-order valence-corrected chi connectivity index (χ3v) is 6.43. The van der Waals surface area contributed by atoms with E-state index in [4.69, 9.17) is 0 Å². The zero-order valence-corrected chi connectivity index (χ0v) is 19.1. The largest absolute Gasteiger partial charge is 0.507 e. The zero-order chi connectivity index (χ0) is 24.7. The van der Waals surface area contributed by atoms with Crippen LogP contribution in [0.15, 0.2) is 42.6 Å². The Morgan fingerprint density at radius 2 is 1.69 bits per heavy atom. The summed E-state index contributed by atoms with van der Waals surface area (Å²) in [6, 6.07) is 8.14. The van der Waals surface area contributed by atoms with Gasteiger partial charge >= 0.3 is 6.03 Å². The van der Waals surface area contributed by atoms with Gasteiger partial charge in [0.2, 0.25) is 0 Å². The van der Waals surface area contributed by atoms with E-state index in [1.54, 1.807) is 6.07 Å². The Kier molecular flexibility index (Phi) is 5.98. The van der Waals surface area contributed by atoms with Gasteiger partial charge in [-0.2, -0.15) is 0 Å². The fraction of sp³-hybridized carbons (Fsp3) is 0.280. The molecule has 10 heteroatoms. The molecule has 2 fully saturated rings. The Hall–Kier alpha value is -3.79. The number of carbonyl (C=O) groups is 1. The van der Waals surface area contributed by atoms with Gasteiger partial charge < -0.3 is 20.2 Å². The number of para-hydroxylation sites is 1. The molecule has 0 unspecified atom stereocenters. The molecule has 0 atom stereocenters. The SMILES string of the molecule is CN1CCN(c2c(F)c(F)c(-c3ccccc3O)c(F)c2-c2ccnc(N3CCNCC3)c2)C1=O. The number of hydrogen-bond acceptors (Lipinski definition) is 5. The van der Waals surface area contributed by atoms with Gasteiger partial charge in [0.05, 0.1) is 11.3 Å². The van der Waals surface area contributed by atoms with Crippen molar-refractivity contribution in [2.24, 2.45) is 0 Å². The highest BCUT2D eigenvalue weighted by molar-refractivity contribution is 6.00. The van der Waals surface area contributed by atoms with Crippen LogP contribution in [0.25, 0.3) is 22.3 Å². The van der Waals surface area contributed by atoms with E-state index in [-0.39, 0.29) is 29.8 Å². The van der Waals surface area contributed by atoms with E-state index in [1.807, 2.05) is 4.90 Å². The number of rotatable bonds is 4. The van der Waals surface area contributed by atoms with Crippen molar-refractivity contribution in [3.63, 3.8) is 0 Å². The van der Waals surface area contributed by atoms with Crippen molar-refractivity contribution in [1.29, 1.82) is 0 Å². The molecule has 2 amide bonds. The van der Waals surface area contributed by atoms with Crippen LogP contribution >= 0.6 is 0 Å². The number of amides is 2. The lowest BCUT2D eigenvalue weighted by molar-refractivity contribution is 0.229. The second-order valence-electron chi connectivity index (χ2n) is 8.55. The number of phenolic OH excluding ortho intramolecular Hbond substituents is 1. The van der Waals surface area contributed by atoms with Crippen LogP contribution in [0.1, 0.15) is 0 Å². The summed E-state index contributed by atoms with van der Waals surface area (Å²) < 4.78 is 47.4. The van der Waals surface area contributed by atoms with E-state index in [0.717, 1.165) is 18.0 Å². The highest BCUT2D eigenvalue weighted by atomic mass is 19.2. The van der Waals surface area contributed by atoms with Gasteiger partial charge in [-0.25, -0.2) is 22.9 Å². The molecule has 2 aliphatic rings. The average Bonchev–Trinajstić information content (AvgIpc) is 3.20. The summed E-state index contributed by atoms with van der Waals surface area (Å²) in [6.45, 7) is 3.23. The number of nitrogens with zero attached hydrogens (tertiary/aromatic N) is 4. The third kappa shape index (κ3) is 3.93. The molecule has 0 spiro atoms. The minimum absolute atomic E-state index is 0.0732. The van der Waals surface area contributed by atoms with Crippen molar-refractivity contribution in [3.8, 4) is 28.0 Å². The number of piperazine rings is 1. The minimum atomic E-state index is -1.47. The van der Waals surface area contributed by atoms with Gasteiger partial charge in [0, 0.05) is 63.6 Å². The number of nitrogens with one attached hydrogen (secondary N) is 1. The van der Waals surface area contributed by atoms with Crippen LogP contribution in [0, 0.1) is 17.5 Å². The standard InChI is InChI=1S/C25H24F3N5O2/c1-31-12-13-33(25(31)35)24-19(15-6-7-30-18(14-15)32-10-8-29-9-11-32)21(26)20(22(27)23(24)28)16-4-2-3-5-17(16)34/h2-7,14,29,34H,8-13H2,1H3. The Morgan fingerprint density at radius 3 is 2.37 bits per heavy atom. The molecule has 182 valence electrons. The van der Waals surface area contributed by atoms with Gasteiger partial charge in [-0.3, -0.25) is 4.90 Å². The molecule has 35 heavy (non-hydrogen) atoms. The third-order valence-electron chi connectivity index (χ3n) is 6.43. The summed E-state index contributed by atoms with van der Waals surface area (Å²) in [7, 11) is 1.54. The first kappa shape index (κ1) is 23.0. The van der Waals surface area contributed by atoms with Crippen molar-refractivity contribution < 1.29 is 23.1 Å². The molecule has 0 radical (unpaired) electrons. The van der Waals surface area contributed by atoms with E-state index in [0.29, 0.717) is 18.9 Å². The Morgan fingerprint density at radius 1 is 0.943 bits per heavy atom. The Bertz CT molecular complexity index is 1300. The molecule has 3 aromatic rings. The van der Waals surface area contributed by atoms with Gasteiger partial charge in [-0.05, 0) is 23.8 Å². The van der Waals surface area contributed by atoms with E-state index in [1.165, 1.54) is 48.5 Å². The number of anilines is 2. The summed E-state index contributed by atoms with van der Waals surface area (Å²) in [5, 5.41) is 13.5. The summed E-state index contributed by atoms with van der Waals surface area (Å²) in [6.07, 6.45) is 1.48. The summed E-state index contributed by atoms with van der Waals surface area (Å²) in [5.74, 6) is -3.73. The van der Waals surface area contributed by atoms with Crippen LogP contribution in [-0.2, 0) is 0 Å². The van der Waals surface area contributed by atoms with Crippen molar-refractivity contribution in [1.82, 2.24) is 15.2 Å². The molecule has 2 aliphatic heterocycles. The molecule has 2 aromatic carbocycles. The molecule has 2 saturated heterocycles. The van der Waals surface area contributed by atoms with Crippen molar-refractivity contribution >= 4 is 17.5 Å². The maximum atomic E-state index is 16.3. The molecule has 2 N–H and O–H groups in total. The number of aromatic hydroxyl groups is 1. The summed E-state index contributed by atoms with van der Waals surface area (Å²) >= 11 is 0. The number of carbonyl (C=O) groups excluding carboxylic acids is 1. The van der Waals surface area contributed by atoms with E-state index in [2.05, 4.69) is 10.3 Å². The molecular weight excluding hydrogens is 459 g/mol. The molecule has 3 heterocycles. The second kappa shape index (κ2) is 9.10. The fourth-order valence-electron chi connectivity index (χ4n) is 4.58. The number of benzene rings is 2. The molecule has 0 saturated carbocycles. The predicted octanol–water partition coefficient (Wildman–Crippen LogP) is 3.82. The monoisotopic (exact) mass is 483 g/mol. The number of aromatic nitrogens is 1. The lowest BCUT2D eigenvalue weighted by Crippen LogP contribution is -2.43. The topological polar surface area (TPSA) is 71.9 Å². The smallest absolute Gasteiger partial charge is 0.324 e. The van der Waals surface area contributed by atoms with Crippen molar-refractivity contribution in [2.45, 2.75) is 0 Å². The predicted molar refractivity (Wildman–Crippen MR) is 127 cm³/mol. The quantitative estimate of drug-likeness (QED) is 0.552. The van der Waals surface area contributed by atoms with Gasteiger partial charge in [-0.1, -0.05) is 18.2 Å². The molecule has 7 nitrogen and oxygen atoms in total. The lowest BCUT2D eigenvalue weighted by atomic mass is 9.94. The van der Waals surface area contributed by atoms with Gasteiger partial charge in [0.1, 0.15) is 17.4 Å². The van der Waals surface area contributed by atoms with Crippen LogP contribution in [0.5, 0.6) is 5.75 Å². The average molecular weight is 483 g/mol. The number of pyridine rings is 1.